The van der Waals surface area contributed by atoms with Crippen molar-refractivity contribution in [3.63, 3.8) is 0 Å². The van der Waals surface area contributed by atoms with Crippen molar-refractivity contribution in [1.82, 2.24) is 4.72 Å². The van der Waals surface area contributed by atoms with Gasteiger partial charge < -0.3 is 5.11 Å². The predicted octanol–water partition coefficient (Wildman–Crippen LogP) is 2.63. The van der Waals surface area contributed by atoms with E-state index in [1.165, 1.54) is 12.1 Å². The van der Waals surface area contributed by atoms with Gasteiger partial charge in [-0.3, -0.25) is 0 Å². The molecule has 0 bridgehead atoms. The molecule has 0 radical (unpaired) electrons. The van der Waals surface area contributed by atoms with Crippen LogP contribution in [0.3, 0.4) is 0 Å². The molecule has 1 aliphatic rings. The highest BCUT2D eigenvalue weighted by Gasteiger charge is 2.34. The van der Waals surface area contributed by atoms with Crippen molar-refractivity contribution in [1.29, 1.82) is 0 Å². The normalized spacial score (nSPS) is 21.8. The lowest BCUT2D eigenvalue weighted by Crippen LogP contribution is -2.26. The number of aromatic carboxylic acids is 1. The van der Waals surface area contributed by atoms with Gasteiger partial charge in [-0.2, -0.15) is 0 Å². The molecule has 0 spiro atoms. The smallest absolute Gasteiger partial charge is 0.338 e. The molecule has 20 heavy (non-hydrogen) atoms. The minimum atomic E-state index is -3.85. The molecule has 0 amide bonds. The van der Waals surface area contributed by atoms with Gasteiger partial charge >= 0.3 is 5.97 Å². The monoisotopic (exact) mass is 337 g/mol. The van der Waals surface area contributed by atoms with Gasteiger partial charge in [-0.25, -0.2) is 17.9 Å². The summed E-state index contributed by atoms with van der Waals surface area (Å²) in [7, 11) is -3.85. The summed E-state index contributed by atoms with van der Waals surface area (Å²) >= 11 is 11.6. The molecule has 8 heteroatoms. The Bertz CT molecular complexity index is 660. The molecule has 2 rings (SSSR count). The van der Waals surface area contributed by atoms with Crippen LogP contribution < -0.4 is 4.72 Å². The maximum atomic E-state index is 12.1. The van der Waals surface area contributed by atoms with Gasteiger partial charge in [-0.15, -0.1) is 0 Å². The molecular weight excluding hydrogens is 325 g/mol. The highest BCUT2D eigenvalue weighted by molar-refractivity contribution is 7.89. The van der Waals surface area contributed by atoms with Crippen molar-refractivity contribution in [2.24, 2.45) is 11.8 Å². The van der Waals surface area contributed by atoms with E-state index in [4.69, 9.17) is 28.3 Å². The lowest BCUT2D eigenvalue weighted by Gasteiger charge is -2.10. The molecule has 0 saturated heterocycles. The average molecular weight is 338 g/mol. The van der Waals surface area contributed by atoms with E-state index in [1.54, 1.807) is 0 Å². The number of halogens is 2. The van der Waals surface area contributed by atoms with Crippen LogP contribution in [-0.4, -0.2) is 26.0 Å². The number of nitrogens with one attached hydrogen (secondary N) is 1. The summed E-state index contributed by atoms with van der Waals surface area (Å²) in [5.41, 5.74) is -0.406. The summed E-state index contributed by atoms with van der Waals surface area (Å²) in [5.74, 6) is -0.532. The summed E-state index contributed by atoms with van der Waals surface area (Å²) in [6, 6.07) is 2.42. The van der Waals surface area contributed by atoms with E-state index in [1.807, 2.05) is 6.92 Å². The van der Waals surface area contributed by atoms with Crippen LogP contribution in [0.25, 0.3) is 0 Å². The fraction of sp³-hybridized carbons (Fsp3) is 0.417. The number of carboxylic acids is 1. The van der Waals surface area contributed by atoms with Gasteiger partial charge in [0.25, 0.3) is 0 Å². The van der Waals surface area contributed by atoms with Gasteiger partial charge in [-0.05, 0) is 30.4 Å². The van der Waals surface area contributed by atoms with Gasteiger partial charge in [0.15, 0.2) is 0 Å². The molecule has 1 aliphatic carbocycles. The van der Waals surface area contributed by atoms with E-state index in [0.29, 0.717) is 18.4 Å². The molecule has 110 valence electrons. The summed E-state index contributed by atoms with van der Waals surface area (Å²) in [6.45, 7) is 2.36. The maximum Gasteiger partial charge on any atom is 0.338 e. The Morgan fingerprint density at radius 2 is 2.05 bits per heavy atom. The van der Waals surface area contributed by atoms with Crippen molar-refractivity contribution < 1.29 is 18.3 Å². The summed E-state index contributed by atoms with van der Waals surface area (Å²) in [6.07, 6.45) is 0.983. The summed E-state index contributed by atoms with van der Waals surface area (Å²) in [4.78, 5) is 10.8. The zero-order chi connectivity index (χ0) is 15.1. The summed E-state index contributed by atoms with van der Waals surface area (Å²) in [5, 5.41) is 8.54. The third-order valence-corrected chi connectivity index (χ3v) is 5.66. The average Bonchev–Trinajstić information content (AvgIpc) is 3.02. The van der Waals surface area contributed by atoms with E-state index in [-0.39, 0.29) is 14.9 Å². The van der Waals surface area contributed by atoms with E-state index < -0.39 is 21.6 Å². The molecular formula is C12H13Cl2NO4S. The third kappa shape index (κ3) is 3.09. The molecule has 1 saturated carbocycles. The number of rotatable bonds is 5. The van der Waals surface area contributed by atoms with Crippen molar-refractivity contribution >= 4 is 39.2 Å². The lowest BCUT2D eigenvalue weighted by molar-refractivity contribution is 0.0697. The van der Waals surface area contributed by atoms with Gasteiger partial charge in [0.05, 0.1) is 15.6 Å². The first-order valence-electron chi connectivity index (χ1n) is 5.95. The molecule has 2 N–H and O–H groups in total. The van der Waals surface area contributed by atoms with E-state index >= 15 is 0 Å². The number of hydrogen-bond donors (Lipinski definition) is 2. The molecule has 1 aromatic carbocycles. The van der Waals surface area contributed by atoms with Crippen molar-refractivity contribution in [3.05, 3.63) is 27.7 Å². The van der Waals surface area contributed by atoms with Crippen LogP contribution in [-0.2, 0) is 10.0 Å². The first kappa shape index (κ1) is 15.6. The van der Waals surface area contributed by atoms with Crippen LogP contribution in [0.2, 0.25) is 10.0 Å². The van der Waals surface area contributed by atoms with Crippen molar-refractivity contribution in [3.8, 4) is 0 Å². The number of carbonyl (C=O) groups is 1. The van der Waals surface area contributed by atoms with Gasteiger partial charge in [0.2, 0.25) is 10.0 Å². The number of benzene rings is 1. The minimum absolute atomic E-state index is 0.0998. The number of sulfonamides is 1. The van der Waals surface area contributed by atoms with Crippen LogP contribution in [0.5, 0.6) is 0 Å². The third-order valence-electron chi connectivity index (χ3n) is 3.37. The lowest BCUT2D eigenvalue weighted by atomic mass is 10.2. The van der Waals surface area contributed by atoms with E-state index in [9.17, 15) is 13.2 Å². The molecule has 1 aromatic rings. The molecule has 2 atom stereocenters. The van der Waals surface area contributed by atoms with E-state index in [0.717, 1.165) is 6.42 Å². The van der Waals surface area contributed by atoms with Crippen LogP contribution in [0.15, 0.2) is 17.0 Å². The van der Waals surface area contributed by atoms with Gasteiger partial charge in [0.1, 0.15) is 4.90 Å². The first-order valence-corrected chi connectivity index (χ1v) is 8.19. The molecule has 0 heterocycles. The Hall–Kier alpha value is -0.820. The quantitative estimate of drug-likeness (QED) is 0.864. The SMILES string of the molecule is CC1CC1CNS(=O)(=O)c1ccc(Cl)c(C(=O)O)c1Cl. The van der Waals surface area contributed by atoms with Crippen LogP contribution >= 0.6 is 23.2 Å². The second-order valence-corrected chi connectivity index (χ2v) is 7.39. The molecule has 1 fully saturated rings. The zero-order valence-corrected chi connectivity index (χ0v) is 12.9. The summed E-state index contributed by atoms with van der Waals surface area (Å²) < 4.78 is 26.7. The predicted molar refractivity (Wildman–Crippen MR) is 75.9 cm³/mol. The first-order chi connectivity index (χ1) is 9.24. The van der Waals surface area contributed by atoms with Gasteiger partial charge in [0, 0.05) is 6.54 Å². The second kappa shape index (κ2) is 5.52. The fourth-order valence-electron chi connectivity index (χ4n) is 1.91. The van der Waals surface area contributed by atoms with Crippen LogP contribution in [0.4, 0.5) is 0 Å². The number of hydrogen-bond acceptors (Lipinski definition) is 3. The standard InChI is InChI=1S/C12H13Cl2NO4S/c1-6-4-7(6)5-15-20(18,19)9-3-2-8(13)10(11(9)14)12(16)17/h2-3,6-7,15H,4-5H2,1H3,(H,16,17). The topological polar surface area (TPSA) is 83.5 Å². The van der Waals surface area contributed by atoms with Crippen LogP contribution in [0.1, 0.15) is 23.7 Å². The van der Waals surface area contributed by atoms with Crippen LogP contribution in [0, 0.1) is 11.8 Å². The van der Waals surface area contributed by atoms with E-state index in [2.05, 4.69) is 4.72 Å². The molecule has 0 aliphatic heterocycles. The largest absolute Gasteiger partial charge is 0.478 e. The molecule has 0 aromatic heterocycles. The Morgan fingerprint density at radius 3 is 2.55 bits per heavy atom. The zero-order valence-electron chi connectivity index (χ0n) is 10.6. The Labute approximate surface area is 126 Å². The highest BCUT2D eigenvalue weighted by Crippen LogP contribution is 2.37. The van der Waals surface area contributed by atoms with Gasteiger partial charge in [-0.1, -0.05) is 30.1 Å². The Balaban J connectivity index is 2.31. The van der Waals surface area contributed by atoms with Crippen molar-refractivity contribution in [2.45, 2.75) is 18.2 Å². The highest BCUT2D eigenvalue weighted by atomic mass is 35.5. The fourth-order valence-corrected chi connectivity index (χ4v) is 3.93. The van der Waals surface area contributed by atoms with Crippen molar-refractivity contribution in [2.75, 3.05) is 6.54 Å². The molecule has 5 nitrogen and oxygen atoms in total. The maximum absolute atomic E-state index is 12.1. The Kier molecular flexibility index (Phi) is 4.30. The minimum Gasteiger partial charge on any atom is -0.478 e. The second-order valence-electron chi connectivity index (χ2n) is 4.86. The number of carboxylic acid groups (broad SMARTS) is 1. The Morgan fingerprint density at radius 1 is 1.45 bits per heavy atom. The molecule has 2 unspecified atom stereocenters.